The SMILES string of the molecule is CN=C(NCc1ccc(CN2CCN(C)CC2)cc1)N(C)Cc1ncc(-c2ccccc2)[nH]1.I. The number of benzene rings is 2. The number of aromatic amines is 1. The highest BCUT2D eigenvalue weighted by atomic mass is 127. The topological polar surface area (TPSA) is 62.8 Å². The molecular weight excluding hydrogens is 537 g/mol. The Kier molecular flexibility index (Phi) is 9.91. The second-order valence-electron chi connectivity index (χ2n) is 8.76. The highest BCUT2D eigenvalue weighted by molar-refractivity contribution is 14.0. The zero-order chi connectivity index (χ0) is 23.0. The maximum atomic E-state index is 4.54. The summed E-state index contributed by atoms with van der Waals surface area (Å²) in [6, 6.07) is 19.2. The van der Waals surface area contributed by atoms with Crippen LogP contribution in [0.2, 0.25) is 0 Å². The summed E-state index contributed by atoms with van der Waals surface area (Å²) in [5.74, 6) is 1.75. The van der Waals surface area contributed by atoms with Gasteiger partial charge in [0.25, 0.3) is 0 Å². The third kappa shape index (κ3) is 7.28. The summed E-state index contributed by atoms with van der Waals surface area (Å²) < 4.78 is 0. The molecule has 0 radical (unpaired) electrons. The van der Waals surface area contributed by atoms with E-state index in [1.54, 1.807) is 0 Å². The Balaban J connectivity index is 0.00000324. The Morgan fingerprint density at radius 2 is 1.71 bits per heavy atom. The van der Waals surface area contributed by atoms with Gasteiger partial charge in [-0.25, -0.2) is 4.98 Å². The summed E-state index contributed by atoms with van der Waals surface area (Å²) in [6.07, 6.45) is 1.89. The van der Waals surface area contributed by atoms with E-state index in [9.17, 15) is 0 Å². The number of halogens is 1. The first-order valence-corrected chi connectivity index (χ1v) is 11.6. The van der Waals surface area contributed by atoms with Crippen LogP contribution in [-0.4, -0.2) is 77.9 Å². The van der Waals surface area contributed by atoms with Crippen molar-refractivity contribution < 1.29 is 0 Å². The lowest BCUT2D eigenvalue weighted by Crippen LogP contribution is -2.43. The molecule has 8 heteroatoms. The van der Waals surface area contributed by atoms with Gasteiger partial charge in [-0.2, -0.15) is 0 Å². The van der Waals surface area contributed by atoms with E-state index in [1.165, 1.54) is 11.1 Å². The molecule has 1 saturated heterocycles. The minimum atomic E-state index is 0. The van der Waals surface area contributed by atoms with Crippen LogP contribution in [-0.2, 0) is 19.6 Å². The van der Waals surface area contributed by atoms with Crippen LogP contribution in [0.1, 0.15) is 17.0 Å². The van der Waals surface area contributed by atoms with E-state index in [0.29, 0.717) is 6.54 Å². The van der Waals surface area contributed by atoms with Gasteiger partial charge in [0.05, 0.1) is 18.4 Å². The molecule has 0 bridgehead atoms. The lowest BCUT2D eigenvalue weighted by molar-refractivity contribution is 0.148. The van der Waals surface area contributed by atoms with E-state index in [1.807, 2.05) is 38.5 Å². The number of rotatable bonds is 7. The van der Waals surface area contributed by atoms with Crippen LogP contribution in [0.15, 0.2) is 65.8 Å². The number of nitrogens with one attached hydrogen (secondary N) is 2. The standard InChI is InChI=1S/C26H35N7.HI/c1-27-26(32(3)20-25-28-18-24(30-25)23-7-5-4-6-8-23)29-17-21-9-11-22(12-10-21)19-33-15-13-31(2)14-16-33;/h4-12,18H,13-17,19-20H2,1-3H3,(H,27,29)(H,28,30);1H. The monoisotopic (exact) mass is 573 g/mol. The van der Waals surface area contributed by atoms with Crippen molar-refractivity contribution in [2.75, 3.05) is 47.3 Å². The van der Waals surface area contributed by atoms with Gasteiger partial charge in [-0.15, -0.1) is 24.0 Å². The van der Waals surface area contributed by atoms with Crippen molar-refractivity contribution >= 4 is 29.9 Å². The molecule has 2 aromatic carbocycles. The number of hydrogen-bond acceptors (Lipinski definition) is 4. The molecule has 182 valence electrons. The Labute approximate surface area is 220 Å². The Hall–Kier alpha value is -2.43. The van der Waals surface area contributed by atoms with Crippen LogP contribution < -0.4 is 5.32 Å². The number of nitrogens with zero attached hydrogens (tertiary/aromatic N) is 5. The number of hydrogen-bond donors (Lipinski definition) is 2. The van der Waals surface area contributed by atoms with Crippen molar-refractivity contribution in [2.45, 2.75) is 19.6 Å². The summed E-state index contributed by atoms with van der Waals surface area (Å²) >= 11 is 0. The van der Waals surface area contributed by atoms with Gasteiger partial charge in [0.1, 0.15) is 5.82 Å². The average Bonchev–Trinajstić information content (AvgIpc) is 3.31. The summed E-state index contributed by atoms with van der Waals surface area (Å²) in [6.45, 7) is 7.01. The number of aromatic nitrogens is 2. The molecule has 0 unspecified atom stereocenters. The van der Waals surface area contributed by atoms with E-state index in [2.05, 4.69) is 78.4 Å². The van der Waals surface area contributed by atoms with Crippen molar-refractivity contribution in [3.8, 4) is 11.3 Å². The molecule has 3 aromatic rings. The minimum absolute atomic E-state index is 0. The number of aliphatic imine (C=N–C) groups is 1. The molecule has 4 rings (SSSR count). The highest BCUT2D eigenvalue weighted by Gasteiger charge is 2.14. The van der Waals surface area contributed by atoms with E-state index in [-0.39, 0.29) is 24.0 Å². The molecule has 0 spiro atoms. The molecule has 2 N–H and O–H groups in total. The Morgan fingerprint density at radius 3 is 2.38 bits per heavy atom. The van der Waals surface area contributed by atoms with Gasteiger partial charge in [-0.05, 0) is 23.7 Å². The third-order valence-corrected chi connectivity index (χ3v) is 6.15. The van der Waals surface area contributed by atoms with Crippen molar-refractivity contribution in [2.24, 2.45) is 4.99 Å². The van der Waals surface area contributed by atoms with Crippen LogP contribution in [0.5, 0.6) is 0 Å². The molecule has 1 aliphatic heterocycles. The van der Waals surface area contributed by atoms with Gasteiger partial charge in [-0.3, -0.25) is 9.89 Å². The van der Waals surface area contributed by atoms with Crippen molar-refractivity contribution in [3.63, 3.8) is 0 Å². The molecule has 0 atom stereocenters. The fourth-order valence-corrected chi connectivity index (χ4v) is 4.10. The van der Waals surface area contributed by atoms with Crippen LogP contribution in [0.3, 0.4) is 0 Å². The van der Waals surface area contributed by atoms with E-state index >= 15 is 0 Å². The highest BCUT2D eigenvalue weighted by Crippen LogP contribution is 2.16. The van der Waals surface area contributed by atoms with Crippen LogP contribution in [0.4, 0.5) is 0 Å². The number of likely N-dealkylation sites (N-methyl/N-ethyl adjacent to an activating group) is 1. The summed E-state index contributed by atoms with van der Waals surface area (Å²) in [5.41, 5.74) is 4.78. The lowest BCUT2D eigenvalue weighted by atomic mass is 10.1. The van der Waals surface area contributed by atoms with Gasteiger partial charge in [0.2, 0.25) is 0 Å². The smallest absolute Gasteiger partial charge is 0.194 e. The number of guanidine groups is 1. The summed E-state index contributed by atoms with van der Waals surface area (Å²) in [5, 5.41) is 3.47. The number of imidazole rings is 1. The quantitative estimate of drug-likeness (QED) is 0.257. The first-order chi connectivity index (χ1) is 16.1. The van der Waals surface area contributed by atoms with Crippen LogP contribution >= 0.6 is 24.0 Å². The maximum Gasteiger partial charge on any atom is 0.194 e. The van der Waals surface area contributed by atoms with Gasteiger partial charge in [0.15, 0.2) is 5.96 Å². The molecule has 1 aromatic heterocycles. The second-order valence-corrected chi connectivity index (χ2v) is 8.76. The molecule has 0 amide bonds. The lowest BCUT2D eigenvalue weighted by Gasteiger charge is -2.32. The maximum absolute atomic E-state index is 4.54. The molecule has 7 nitrogen and oxygen atoms in total. The van der Waals surface area contributed by atoms with Gasteiger partial charge >= 0.3 is 0 Å². The second kappa shape index (κ2) is 12.9. The predicted molar refractivity (Wildman–Crippen MR) is 150 cm³/mol. The normalized spacial score (nSPS) is 15.1. The summed E-state index contributed by atoms with van der Waals surface area (Å²) in [7, 11) is 6.04. The molecule has 0 aliphatic carbocycles. The van der Waals surface area contributed by atoms with Crippen molar-refractivity contribution in [1.29, 1.82) is 0 Å². The zero-order valence-corrected chi connectivity index (χ0v) is 22.7. The molecular formula is C26H36IN7. The number of piperazine rings is 1. The van der Waals surface area contributed by atoms with Gasteiger partial charge in [0, 0.05) is 53.4 Å². The molecule has 1 aliphatic rings. The first-order valence-electron chi connectivity index (χ1n) is 11.6. The molecule has 0 saturated carbocycles. The largest absolute Gasteiger partial charge is 0.352 e. The predicted octanol–water partition coefficient (Wildman–Crippen LogP) is 3.65. The van der Waals surface area contributed by atoms with Gasteiger partial charge < -0.3 is 20.1 Å². The third-order valence-electron chi connectivity index (χ3n) is 6.15. The fourth-order valence-electron chi connectivity index (χ4n) is 4.10. The molecule has 34 heavy (non-hydrogen) atoms. The average molecular weight is 574 g/mol. The van der Waals surface area contributed by atoms with Crippen molar-refractivity contribution in [1.82, 2.24) is 30.0 Å². The number of H-pyrrole nitrogens is 1. The zero-order valence-electron chi connectivity index (χ0n) is 20.4. The van der Waals surface area contributed by atoms with Crippen molar-refractivity contribution in [3.05, 3.63) is 77.7 Å². The first kappa shape index (κ1) is 26.2. The van der Waals surface area contributed by atoms with E-state index in [4.69, 9.17) is 0 Å². The molecule has 2 heterocycles. The molecule has 1 fully saturated rings. The van der Waals surface area contributed by atoms with Gasteiger partial charge in [-0.1, -0.05) is 54.6 Å². The Bertz CT molecular complexity index is 1020. The van der Waals surface area contributed by atoms with Crippen LogP contribution in [0.25, 0.3) is 11.3 Å². The van der Waals surface area contributed by atoms with Crippen LogP contribution in [0, 0.1) is 0 Å². The fraction of sp³-hybridized carbons (Fsp3) is 0.385. The van der Waals surface area contributed by atoms with E-state index in [0.717, 1.165) is 62.3 Å². The Morgan fingerprint density at radius 1 is 1.03 bits per heavy atom. The van der Waals surface area contributed by atoms with E-state index < -0.39 is 0 Å². The summed E-state index contributed by atoms with van der Waals surface area (Å²) in [4.78, 5) is 19.4. The minimum Gasteiger partial charge on any atom is -0.352 e.